The number of hydrogen-bond donors (Lipinski definition) is 1. The van der Waals surface area contributed by atoms with Crippen molar-refractivity contribution in [1.82, 2.24) is 0 Å². The van der Waals surface area contributed by atoms with Gasteiger partial charge in [0.1, 0.15) is 6.79 Å². The van der Waals surface area contributed by atoms with Gasteiger partial charge in [0, 0.05) is 34.8 Å². The standard InChI is InChI=1S/C5H11O3.6CH4.2CH3.2W/c1-5(6)3-8-4-7-2;;;;;;;;;;/h5-6H,1,3-4H2,2H3;6*1H4;2*1H3;;/q-1;;;;;;;2*-1;;+2. The minimum Gasteiger partial charge on any atom is -0.423 e. The number of rotatable bonds is 4. The van der Waals surface area contributed by atoms with E-state index >= 15 is 0 Å². The van der Waals surface area contributed by atoms with Crippen LogP contribution < -0.4 is 0 Å². The zero-order chi connectivity index (χ0) is 6.41. The van der Waals surface area contributed by atoms with Gasteiger partial charge >= 0.3 is 21.1 Å². The molecular weight excluding hydrogens is 572 g/mol. The Bertz CT molecular complexity index is 57.5. The molecule has 0 rings (SSSR count). The van der Waals surface area contributed by atoms with Crippen molar-refractivity contribution in [2.75, 3.05) is 20.5 Å². The first-order valence-electron chi connectivity index (χ1n) is 2.35. The molecule has 0 aromatic rings. The van der Waals surface area contributed by atoms with Crippen LogP contribution in [0.15, 0.2) is 0 Å². The molecule has 124 valence electrons. The smallest absolute Gasteiger partial charge is 0.423 e. The zero-order valence-corrected chi connectivity index (χ0v) is 13.6. The molecule has 0 spiro atoms. The summed E-state index contributed by atoms with van der Waals surface area (Å²) in [7, 11) is 1.52. The summed E-state index contributed by atoms with van der Waals surface area (Å²) in [5, 5.41) is 8.49. The second-order valence-corrected chi connectivity index (χ2v) is 1.43. The molecule has 1 unspecified atom stereocenters. The van der Waals surface area contributed by atoms with E-state index in [1.165, 1.54) is 7.11 Å². The number of methoxy groups -OCH3 is 1. The van der Waals surface area contributed by atoms with Gasteiger partial charge in [-0.05, 0) is 6.10 Å². The molecule has 1 atom stereocenters. The zero-order valence-electron chi connectivity index (χ0n) is 7.78. The molecule has 0 aliphatic carbocycles. The van der Waals surface area contributed by atoms with Gasteiger partial charge in [-0.15, -0.1) is 0 Å². The predicted octanol–water partition coefficient (Wildman–Crippen LogP) is 4.51. The Morgan fingerprint density at radius 2 is 1.28 bits per heavy atom. The van der Waals surface area contributed by atoms with Crippen molar-refractivity contribution in [3.8, 4) is 0 Å². The molecule has 1 N–H and O–H groups in total. The largest absolute Gasteiger partial charge is 2.00 e. The summed E-state index contributed by atoms with van der Waals surface area (Å²) in [6.07, 6.45) is -0.648. The van der Waals surface area contributed by atoms with Gasteiger partial charge in [-0.25, -0.2) is 0 Å². The van der Waals surface area contributed by atoms with E-state index in [9.17, 15) is 0 Å². The van der Waals surface area contributed by atoms with Crippen LogP contribution in [0.3, 0.4) is 0 Å². The molecule has 5 heteroatoms. The quantitative estimate of drug-likeness (QED) is 0.289. The van der Waals surface area contributed by atoms with Crippen molar-refractivity contribution in [2.45, 2.75) is 50.7 Å². The fraction of sp³-hybridized carbons (Fsp3) is 0.769. The molecule has 3 nitrogen and oxygen atoms in total. The van der Waals surface area contributed by atoms with Crippen molar-refractivity contribution < 1.29 is 56.7 Å². The van der Waals surface area contributed by atoms with Crippen molar-refractivity contribution >= 4 is 0 Å². The van der Waals surface area contributed by atoms with Crippen molar-refractivity contribution in [2.24, 2.45) is 0 Å². The van der Waals surface area contributed by atoms with E-state index in [0.717, 1.165) is 0 Å². The first-order valence-corrected chi connectivity index (χ1v) is 2.35. The molecule has 0 aromatic heterocycles. The fourth-order valence-corrected chi connectivity index (χ4v) is 0.267. The van der Waals surface area contributed by atoms with Crippen LogP contribution >= 0.6 is 0 Å². The van der Waals surface area contributed by atoms with E-state index in [1.807, 2.05) is 0 Å². The molecule has 18 heavy (non-hydrogen) atoms. The van der Waals surface area contributed by atoms with Crippen LogP contribution in [0.2, 0.25) is 0 Å². The molecule has 0 aliphatic heterocycles. The Hall–Kier alpha value is 1.26. The van der Waals surface area contributed by atoms with E-state index in [-0.39, 0.29) is 115 Å². The van der Waals surface area contributed by atoms with E-state index < -0.39 is 6.10 Å². The van der Waals surface area contributed by atoms with Gasteiger partial charge in [-0.3, -0.25) is 0 Å². The summed E-state index contributed by atoms with van der Waals surface area (Å²) < 4.78 is 9.24. The number of hydrogen-bond acceptors (Lipinski definition) is 3. The molecule has 0 fully saturated rings. The van der Waals surface area contributed by atoms with Gasteiger partial charge in [0.25, 0.3) is 0 Å². The van der Waals surface area contributed by atoms with Gasteiger partial charge < -0.3 is 36.4 Å². The predicted molar refractivity (Wildman–Crippen MR) is 82.4 cm³/mol. The van der Waals surface area contributed by atoms with Crippen LogP contribution in [-0.4, -0.2) is 31.7 Å². The Labute approximate surface area is 149 Å². The molecule has 0 heterocycles. The Balaban J connectivity index is -0.00000000544. The van der Waals surface area contributed by atoms with Crippen LogP contribution in [0.4, 0.5) is 0 Å². The van der Waals surface area contributed by atoms with Crippen LogP contribution in [0.1, 0.15) is 44.6 Å². The SMILES string of the molecule is C.C.C.C.C.C.[CH2-]C(O)COCOC.[CH3-].[CH3-].[W+2].[W]. The average molecular weight is 613 g/mol. The van der Waals surface area contributed by atoms with Crippen molar-refractivity contribution in [3.05, 3.63) is 21.8 Å². The fourth-order valence-electron chi connectivity index (χ4n) is 0.267. The van der Waals surface area contributed by atoms with E-state index in [4.69, 9.17) is 9.84 Å². The molecule has 0 saturated heterocycles. The van der Waals surface area contributed by atoms with Crippen LogP contribution in [-0.2, 0) is 51.6 Å². The maximum Gasteiger partial charge on any atom is 2.00 e. The van der Waals surface area contributed by atoms with Gasteiger partial charge in [-0.1, -0.05) is 44.6 Å². The first-order chi connectivity index (χ1) is 3.77. The minimum atomic E-state index is -0.648. The summed E-state index contributed by atoms with van der Waals surface area (Å²) in [4.78, 5) is 0. The maximum atomic E-state index is 8.49. The third-order valence-corrected chi connectivity index (χ3v) is 0.511. The van der Waals surface area contributed by atoms with E-state index in [1.54, 1.807) is 0 Å². The van der Waals surface area contributed by atoms with E-state index in [2.05, 4.69) is 11.7 Å². The summed E-state index contributed by atoms with van der Waals surface area (Å²) >= 11 is 0. The summed E-state index contributed by atoms with van der Waals surface area (Å²) in [6, 6.07) is 0. The first kappa shape index (κ1) is 94.1. The summed E-state index contributed by atoms with van der Waals surface area (Å²) in [5.74, 6) is 0. The van der Waals surface area contributed by atoms with Gasteiger partial charge in [0.05, 0.1) is 0 Å². The molecule has 0 aromatic carbocycles. The minimum absolute atomic E-state index is 0. The number of aliphatic hydroxyl groups excluding tert-OH is 1. The van der Waals surface area contributed by atoms with E-state index in [0.29, 0.717) is 0 Å². The Kier molecular flexibility index (Phi) is 417. The third kappa shape index (κ3) is 117. The van der Waals surface area contributed by atoms with Crippen LogP contribution in [0.25, 0.3) is 0 Å². The summed E-state index contributed by atoms with van der Waals surface area (Å²) in [6.45, 7) is 3.73. The third-order valence-electron chi connectivity index (χ3n) is 0.511. The van der Waals surface area contributed by atoms with Crippen LogP contribution in [0, 0.1) is 21.8 Å². The molecule has 0 saturated carbocycles. The molecule has 0 amide bonds. The number of aliphatic hydroxyl groups is 1. The van der Waals surface area contributed by atoms with Crippen molar-refractivity contribution in [1.29, 1.82) is 0 Å². The second kappa shape index (κ2) is 79.7. The normalized spacial score (nSPS) is 6.17. The molecular formula is C13H41O3W2-. The monoisotopic (exact) mass is 613 g/mol. The molecule has 0 bridgehead atoms. The Morgan fingerprint density at radius 1 is 1.00 bits per heavy atom. The Morgan fingerprint density at radius 3 is 1.44 bits per heavy atom. The number of ether oxygens (including phenoxy) is 2. The summed E-state index contributed by atoms with van der Waals surface area (Å²) in [5.41, 5.74) is 0. The van der Waals surface area contributed by atoms with Crippen molar-refractivity contribution in [3.63, 3.8) is 0 Å². The van der Waals surface area contributed by atoms with Gasteiger partial charge in [0.15, 0.2) is 0 Å². The second-order valence-electron chi connectivity index (χ2n) is 1.43. The molecule has 0 aliphatic rings. The maximum absolute atomic E-state index is 8.49. The van der Waals surface area contributed by atoms with Gasteiger partial charge in [0.2, 0.25) is 0 Å². The molecule has 0 radical (unpaired) electrons. The van der Waals surface area contributed by atoms with Gasteiger partial charge in [-0.2, -0.15) is 0 Å². The van der Waals surface area contributed by atoms with Crippen LogP contribution in [0.5, 0.6) is 0 Å². The average Bonchev–Trinajstić information content (AvgIpc) is 1.66. The topological polar surface area (TPSA) is 38.7 Å².